The lowest BCUT2D eigenvalue weighted by Crippen LogP contribution is -2.51. The SMILES string of the molecule is CN(Cc1ccc(Cl)s1)C(=O)C(C)(O)C1CCOCC1. The maximum atomic E-state index is 12.5. The van der Waals surface area contributed by atoms with Gasteiger partial charge in [0, 0.05) is 31.1 Å². The Morgan fingerprint density at radius 1 is 1.55 bits per heavy atom. The number of nitrogens with zero attached hydrogens (tertiary/aromatic N) is 1. The zero-order valence-electron chi connectivity index (χ0n) is 11.8. The number of halogens is 1. The Kier molecular flexibility index (Phi) is 5.07. The molecule has 1 amide bonds. The van der Waals surface area contributed by atoms with Crippen LogP contribution in [0.5, 0.6) is 0 Å². The highest BCUT2D eigenvalue weighted by molar-refractivity contribution is 7.16. The van der Waals surface area contributed by atoms with Crippen LogP contribution in [0, 0.1) is 5.92 Å². The van der Waals surface area contributed by atoms with Gasteiger partial charge in [-0.1, -0.05) is 11.6 Å². The predicted molar refractivity (Wildman–Crippen MR) is 80.0 cm³/mol. The maximum Gasteiger partial charge on any atom is 0.254 e. The minimum Gasteiger partial charge on any atom is -0.381 e. The Hall–Kier alpha value is -0.620. The average molecular weight is 318 g/mol. The number of amides is 1. The molecule has 1 aromatic heterocycles. The molecule has 0 radical (unpaired) electrons. The van der Waals surface area contributed by atoms with Gasteiger partial charge in [-0.05, 0) is 31.9 Å². The molecule has 6 heteroatoms. The first-order valence-electron chi connectivity index (χ1n) is 6.71. The van der Waals surface area contributed by atoms with E-state index in [1.54, 1.807) is 18.9 Å². The fourth-order valence-electron chi connectivity index (χ4n) is 2.56. The van der Waals surface area contributed by atoms with Crippen LogP contribution in [0.15, 0.2) is 12.1 Å². The third-order valence-corrected chi connectivity index (χ3v) is 5.03. The quantitative estimate of drug-likeness (QED) is 0.928. The summed E-state index contributed by atoms with van der Waals surface area (Å²) in [7, 11) is 1.71. The van der Waals surface area contributed by atoms with Crippen LogP contribution in [-0.4, -0.2) is 41.8 Å². The Balaban J connectivity index is 2.00. The fraction of sp³-hybridized carbons (Fsp3) is 0.643. The van der Waals surface area contributed by atoms with Crippen LogP contribution in [-0.2, 0) is 16.1 Å². The van der Waals surface area contributed by atoms with Crippen molar-refractivity contribution in [2.24, 2.45) is 5.92 Å². The van der Waals surface area contributed by atoms with E-state index in [1.807, 2.05) is 12.1 Å². The summed E-state index contributed by atoms with van der Waals surface area (Å²) in [5.74, 6) is -0.285. The summed E-state index contributed by atoms with van der Waals surface area (Å²) < 4.78 is 5.99. The molecule has 2 heterocycles. The van der Waals surface area contributed by atoms with Gasteiger partial charge in [-0.2, -0.15) is 0 Å². The molecular formula is C14H20ClNO3S. The first-order chi connectivity index (χ1) is 9.41. The summed E-state index contributed by atoms with van der Waals surface area (Å²) in [6.45, 7) is 3.30. The van der Waals surface area contributed by atoms with Gasteiger partial charge < -0.3 is 14.7 Å². The second-order valence-electron chi connectivity index (χ2n) is 5.40. The number of ether oxygens (including phenoxy) is 1. The van der Waals surface area contributed by atoms with Crippen LogP contribution in [0.1, 0.15) is 24.6 Å². The van der Waals surface area contributed by atoms with E-state index in [1.165, 1.54) is 11.3 Å². The molecule has 0 aromatic carbocycles. The molecule has 112 valence electrons. The summed E-state index contributed by atoms with van der Waals surface area (Å²) in [4.78, 5) is 15.1. The van der Waals surface area contributed by atoms with E-state index >= 15 is 0 Å². The van der Waals surface area contributed by atoms with Crippen molar-refractivity contribution in [1.82, 2.24) is 4.90 Å². The highest BCUT2D eigenvalue weighted by Gasteiger charge is 2.41. The molecule has 1 fully saturated rings. The standard InChI is InChI=1S/C14H20ClNO3S/c1-14(18,10-5-7-19-8-6-10)13(17)16(2)9-11-3-4-12(15)20-11/h3-4,10,18H,5-9H2,1-2H3. The molecule has 1 atom stereocenters. The molecule has 1 N–H and O–H groups in total. The normalized spacial score (nSPS) is 19.6. The molecule has 1 aromatic rings. The molecule has 0 bridgehead atoms. The zero-order chi connectivity index (χ0) is 14.8. The number of rotatable bonds is 4. The maximum absolute atomic E-state index is 12.5. The summed E-state index contributed by atoms with van der Waals surface area (Å²) in [5.41, 5.74) is -1.33. The molecule has 20 heavy (non-hydrogen) atoms. The molecule has 0 saturated carbocycles. The van der Waals surface area contributed by atoms with Gasteiger partial charge in [-0.25, -0.2) is 0 Å². The van der Waals surface area contributed by atoms with Crippen LogP contribution >= 0.6 is 22.9 Å². The van der Waals surface area contributed by atoms with Gasteiger partial charge in [0.05, 0.1) is 10.9 Å². The first kappa shape index (κ1) is 15.8. The minimum absolute atomic E-state index is 0.0434. The molecule has 1 aliphatic heterocycles. The van der Waals surface area contributed by atoms with Gasteiger partial charge in [0.2, 0.25) is 0 Å². The number of likely N-dealkylation sites (N-methyl/N-ethyl adjacent to an activating group) is 1. The van der Waals surface area contributed by atoms with Gasteiger partial charge in [0.25, 0.3) is 5.91 Å². The lowest BCUT2D eigenvalue weighted by molar-refractivity contribution is -0.158. The third kappa shape index (κ3) is 3.52. The highest BCUT2D eigenvalue weighted by atomic mass is 35.5. The van der Waals surface area contributed by atoms with E-state index in [4.69, 9.17) is 16.3 Å². The number of hydrogen-bond acceptors (Lipinski definition) is 4. The van der Waals surface area contributed by atoms with Crippen molar-refractivity contribution < 1.29 is 14.6 Å². The lowest BCUT2D eigenvalue weighted by Gasteiger charge is -2.36. The Morgan fingerprint density at radius 2 is 2.20 bits per heavy atom. The van der Waals surface area contributed by atoms with Gasteiger partial charge >= 0.3 is 0 Å². The predicted octanol–water partition coefficient (Wildman–Crippen LogP) is 2.54. The number of aliphatic hydroxyl groups is 1. The molecule has 2 rings (SSSR count). The van der Waals surface area contributed by atoms with E-state index in [9.17, 15) is 9.90 Å². The summed E-state index contributed by atoms with van der Waals surface area (Å²) in [6, 6.07) is 3.72. The second kappa shape index (κ2) is 6.43. The van der Waals surface area contributed by atoms with Crippen LogP contribution in [0.4, 0.5) is 0 Å². The zero-order valence-corrected chi connectivity index (χ0v) is 13.3. The average Bonchev–Trinajstić information content (AvgIpc) is 2.84. The smallest absolute Gasteiger partial charge is 0.254 e. The summed E-state index contributed by atoms with van der Waals surface area (Å²) >= 11 is 7.34. The molecule has 1 aliphatic rings. The Morgan fingerprint density at radius 3 is 2.75 bits per heavy atom. The first-order valence-corrected chi connectivity index (χ1v) is 7.90. The molecular weight excluding hydrogens is 298 g/mol. The molecule has 1 saturated heterocycles. The number of carbonyl (C=O) groups excluding carboxylic acids is 1. The van der Waals surface area contributed by atoms with Crippen LogP contribution in [0.2, 0.25) is 4.34 Å². The van der Waals surface area contributed by atoms with Crippen molar-refractivity contribution in [2.45, 2.75) is 31.9 Å². The fourth-order valence-corrected chi connectivity index (χ4v) is 3.70. The minimum atomic E-state index is -1.33. The molecule has 0 spiro atoms. The Bertz CT molecular complexity index is 469. The van der Waals surface area contributed by atoms with E-state index in [0.717, 1.165) is 17.7 Å². The van der Waals surface area contributed by atoms with Crippen molar-refractivity contribution in [3.63, 3.8) is 0 Å². The molecule has 1 unspecified atom stereocenters. The van der Waals surface area contributed by atoms with Gasteiger partial charge in [-0.15, -0.1) is 11.3 Å². The number of carbonyl (C=O) groups is 1. The molecule has 4 nitrogen and oxygen atoms in total. The van der Waals surface area contributed by atoms with Gasteiger partial charge in [0.15, 0.2) is 0 Å². The van der Waals surface area contributed by atoms with E-state index < -0.39 is 5.60 Å². The summed E-state index contributed by atoms with van der Waals surface area (Å²) in [5, 5.41) is 10.6. The van der Waals surface area contributed by atoms with Crippen LogP contribution in [0.3, 0.4) is 0 Å². The second-order valence-corrected chi connectivity index (χ2v) is 7.20. The third-order valence-electron chi connectivity index (χ3n) is 3.82. The van der Waals surface area contributed by atoms with Crippen molar-refractivity contribution >= 4 is 28.8 Å². The van der Waals surface area contributed by atoms with Gasteiger partial charge in [0.1, 0.15) is 5.60 Å². The molecule has 0 aliphatic carbocycles. The van der Waals surface area contributed by atoms with Crippen molar-refractivity contribution in [3.05, 3.63) is 21.3 Å². The van der Waals surface area contributed by atoms with E-state index in [2.05, 4.69) is 0 Å². The summed E-state index contributed by atoms with van der Waals surface area (Å²) in [6.07, 6.45) is 1.44. The number of hydrogen-bond donors (Lipinski definition) is 1. The van der Waals surface area contributed by atoms with E-state index in [-0.39, 0.29) is 11.8 Å². The van der Waals surface area contributed by atoms with E-state index in [0.29, 0.717) is 24.1 Å². The highest BCUT2D eigenvalue weighted by Crippen LogP contribution is 2.30. The van der Waals surface area contributed by atoms with Crippen molar-refractivity contribution in [1.29, 1.82) is 0 Å². The lowest BCUT2D eigenvalue weighted by atomic mass is 9.82. The van der Waals surface area contributed by atoms with Gasteiger partial charge in [-0.3, -0.25) is 4.79 Å². The van der Waals surface area contributed by atoms with Crippen molar-refractivity contribution in [2.75, 3.05) is 20.3 Å². The Labute approximate surface area is 128 Å². The van der Waals surface area contributed by atoms with Crippen molar-refractivity contribution in [3.8, 4) is 0 Å². The number of thiophene rings is 1. The monoisotopic (exact) mass is 317 g/mol. The topological polar surface area (TPSA) is 49.8 Å². The largest absolute Gasteiger partial charge is 0.381 e. The van der Waals surface area contributed by atoms with Crippen LogP contribution < -0.4 is 0 Å². The van der Waals surface area contributed by atoms with Crippen LogP contribution in [0.25, 0.3) is 0 Å².